The van der Waals surface area contributed by atoms with Gasteiger partial charge in [-0.2, -0.15) is 0 Å². The molecule has 1 fully saturated rings. The number of Topliss-reactive ketones (excluding diaryl/α,β-unsaturated/α-hetero) is 1. The number of rotatable bonds is 4. The third kappa shape index (κ3) is 4.32. The molecule has 0 radical (unpaired) electrons. The van der Waals surface area contributed by atoms with E-state index in [2.05, 4.69) is 15.9 Å². The van der Waals surface area contributed by atoms with Crippen molar-refractivity contribution < 1.29 is 23.8 Å². The molecule has 162 valence electrons. The molecule has 2 aromatic carbocycles. The summed E-state index contributed by atoms with van der Waals surface area (Å²) >= 11 is 3.46. The second-order valence-electron chi connectivity index (χ2n) is 7.78. The number of likely N-dealkylation sites (tertiary alicyclic amines) is 1. The van der Waals surface area contributed by atoms with Crippen LogP contribution in [0.1, 0.15) is 35.2 Å². The minimum absolute atomic E-state index is 0.0664. The number of para-hydroxylation sites is 1. The van der Waals surface area contributed by atoms with E-state index in [1.807, 2.05) is 30.3 Å². The normalized spacial score (nSPS) is 17.4. The maximum Gasteiger partial charge on any atom is 0.246 e. The molecular formula is C24H24BrNO5. The monoisotopic (exact) mass is 485 g/mol. The molecule has 2 aliphatic heterocycles. The van der Waals surface area contributed by atoms with Gasteiger partial charge in [-0.15, -0.1) is 0 Å². The topological polar surface area (TPSA) is 65.1 Å². The quantitative estimate of drug-likeness (QED) is 0.596. The largest absolute Gasteiger partial charge is 0.493 e. The molecule has 0 saturated carbocycles. The zero-order valence-electron chi connectivity index (χ0n) is 17.5. The van der Waals surface area contributed by atoms with Crippen LogP contribution in [0.25, 0.3) is 6.08 Å². The third-order valence-electron chi connectivity index (χ3n) is 5.86. The zero-order valence-corrected chi connectivity index (χ0v) is 19.1. The van der Waals surface area contributed by atoms with E-state index < -0.39 is 5.60 Å². The van der Waals surface area contributed by atoms with Gasteiger partial charge in [-0.1, -0.05) is 12.1 Å². The summed E-state index contributed by atoms with van der Waals surface area (Å²) < 4.78 is 17.7. The number of halogens is 1. The van der Waals surface area contributed by atoms with E-state index in [1.54, 1.807) is 37.3 Å². The molecule has 2 aliphatic rings. The molecule has 1 amide bonds. The molecular weight excluding hydrogens is 462 g/mol. The van der Waals surface area contributed by atoms with Gasteiger partial charge in [0, 0.05) is 32.0 Å². The lowest BCUT2D eigenvalue weighted by molar-refractivity contribution is -0.129. The summed E-state index contributed by atoms with van der Waals surface area (Å²) in [6.07, 6.45) is 4.95. The van der Waals surface area contributed by atoms with Gasteiger partial charge >= 0.3 is 0 Å². The summed E-state index contributed by atoms with van der Waals surface area (Å²) in [6, 6.07) is 11.1. The van der Waals surface area contributed by atoms with Gasteiger partial charge in [0.1, 0.15) is 11.4 Å². The molecule has 6 nitrogen and oxygen atoms in total. The fourth-order valence-corrected chi connectivity index (χ4v) is 4.79. The summed E-state index contributed by atoms with van der Waals surface area (Å²) in [4.78, 5) is 27.1. The first-order valence-corrected chi connectivity index (χ1v) is 10.9. The van der Waals surface area contributed by atoms with E-state index in [4.69, 9.17) is 14.2 Å². The van der Waals surface area contributed by atoms with Crippen molar-refractivity contribution in [1.29, 1.82) is 0 Å². The first-order valence-electron chi connectivity index (χ1n) is 10.1. The molecule has 0 N–H and O–H groups in total. The Labute approximate surface area is 189 Å². The van der Waals surface area contributed by atoms with E-state index in [0.29, 0.717) is 55.2 Å². The van der Waals surface area contributed by atoms with Gasteiger partial charge in [0.2, 0.25) is 5.91 Å². The maximum absolute atomic E-state index is 12.7. The van der Waals surface area contributed by atoms with Gasteiger partial charge in [-0.25, -0.2) is 0 Å². The Morgan fingerprint density at radius 3 is 2.61 bits per heavy atom. The molecule has 2 heterocycles. The second kappa shape index (κ2) is 8.75. The number of hydrogen-bond acceptors (Lipinski definition) is 5. The van der Waals surface area contributed by atoms with Crippen LogP contribution in [0.5, 0.6) is 17.2 Å². The van der Waals surface area contributed by atoms with E-state index in [1.165, 1.54) is 0 Å². The summed E-state index contributed by atoms with van der Waals surface area (Å²) in [5, 5.41) is 0. The summed E-state index contributed by atoms with van der Waals surface area (Å²) in [5.41, 5.74) is 0.958. The van der Waals surface area contributed by atoms with E-state index in [9.17, 15) is 9.59 Å². The van der Waals surface area contributed by atoms with Crippen LogP contribution in [-0.2, 0) is 4.79 Å². The van der Waals surface area contributed by atoms with Crippen molar-refractivity contribution in [1.82, 2.24) is 4.90 Å². The number of ether oxygens (including phenoxy) is 3. The molecule has 0 aromatic heterocycles. The number of ketones is 1. The average molecular weight is 486 g/mol. The minimum atomic E-state index is -0.514. The van der Waals surface area contributed by atoms with Crippen molar-refractivity contribution in [3.63, 3.8) is 0 Å². The number of benzene rings is 2. The summed E-state index contributed by atoms with van der Waals surface area (Å²) in [7, 11) is 3.15. The zero-order chi connectivity index (χ0) is 22.0. The number of amides is 1. The first kappa shape index (κ1) is 21.4. The molecule has 1 saturated heterocycles. The lowest BCUT2D eigenvalue weighted by atomic mass is 9.82. The highest BCUT2D eigenvalue weighted by molar-refractivity contribution is 9.10. The minimum Gasteiger partial charge on any atom is -0.493 e. The Bertz CT molecular complexity index is 1040. The van der Waals surface area contributed by atoms with Crippen LogP contribution in [0, 0.1) is 0 Å². The van der Waals surface area contributed by atoms with Crippen LogP contribution >= 0.6 is 15.9 Å². The number of fused-ring (bicyclic) bond motifs is 1. The van der Waals surface area contributed by atoms with Crippen LogP contribution in [0.2, 0.25) is 0 Å². The highest BCUT2D eigenvalue weighted by atomic mass is 79.9. The Kier molecular flexibility index (Phi) is 6.05. The predicted octanol–water partition coefficient (Wildman–Crippen LogP) is 4.51. The number of piperidine rings is 1. The van der Waals surface area contributed by atoms with Crippen molar-refractivity contribution in [2.45, 2.75) is 24.9 Å². The number of nitrogens with zero attached hydrogens (tertiary/aromatic N) is 1. The molecule has 4 rings (SSSR count). The molecule has 7 heteroatoms. The van der Waals surface area contributed by atoms with Crippen LogP contribution in [0.4, 0.5) is 0 Å². The van der Waals surface area contributed by atoms with E-state index in [-0.39, 0.29) is 11.7 Å². The number of carbonyl (C=O) groups excluding carboxylic acids is 2. The average Bonchev–Trinajstić information content (AvgIpc) is 2.77. The van der Waals surface area contributed by atoms with Crippen molar-refractivity contribution in [2.24, 2.45) is 0 Å². The van der Waals surface area contributed by atoms with Gasteiger partial charge < -0.3 is 19.1 Å². The molecule has 2 aromatic rings. The molecule has 31 heavy (non-hydrogen) atoms. The fourth-order valence-electron chi connectivity index (χ4n) is 4.16. The Hall–Kier alpha value is -2.80. The third-order valence-corrected chi connectivity index (χ3v) is 6.45. The van der Waals surface area contributed by atoms with Gasteiger partial charge in [0.25, 0.3) is 0 Å². The van der Waals surface area contributed by atoms with Gasteiger partial charge in [0.05, 0.1) is 30.7 Å². The van der Waals surface area contributed by atoms with Crippen LogP contribution in [0.3, 0.4) is 0 Å². The lowest BCUT2D eigenvalue weighted by Gasteiger charge is -2.43. The predicted molar refractivity (Wildman–Crippen MR) is 121 cm³/mol. The van der Waals surface area contributed by atoms with Crippen LogP contribution in [0.15, 0.2) is 46.9 Å². The number of carbonyl (C=O) groups is 2. The maximum atomic E-state index is 12.7. The highest BCUT2D eigenvalue weighted by Gasteiger charge is 2.43. The van der Waals surface area contributed by atoms with Crippen molar-refractivity contribution in [2.75, 3.05) is 27.3 Å². The van der Waals surface area contributed by atoms with E-state index in [0.717, 1.165) is 10.0 Å². The Morgan fingerprint density at radius 2 is 1.90 bits per heavy atom. The lowest BCUT2D eigenvalue weighted by Crippen LogP contribution is -2.52. The van der Waals surface area contributed by atoms with Crippen molar-refractivity contribution >= 4 is 33.7 Å². The molecule has 0 atom stereocenters. The summed E-state index contributed by atoms with van der Waals surface area (Å²) in [5.74, 6) is 1.89. The number of hydrogen-bond donors (Lipinski definition) is 0. The molecule has 0 aliphatic carbocycles. The Morgan fingerprint density at radius 1 is 1.16 bits per heavy atom. The highest BCUT2D eigenvalue weighted by Crippen LogP contribution is 2.39. The second-order valence-corrected chi connectivity index (χ2v) is 8.63. The number of methoxy groups -OCH3 is 2. The smallest absolute Gasteiger partial charge is 0.246 e. The first-order chi connectivity index (χ1) is 14.9. The van der Waals surface area contributed by atoms with Crippen molar-refractivity contribution in [3.05, 3.63) is 58.1 Å². The van der Waals surface area contributed by atoms with Crippen LogP contribution < -0.4 is 14.2 Å². The molecule has 0 bridgehead atoms. The van der Waals surface area contributed by atoms with Crippen molar-refractivity contribution in [3.8, 4) is 17.2 Å². The Balaban J connectivity index is 1.41. The standard InChI is InChI=1S/C24H24BrNO5/c1-29-21-14-16(13-18(25)23(21)30-2)7-8-22(28)26-11-9-24(10-12-26)15-19(27)17-5-3-4-6-20(17)31-24/h3-8,13-14H,9-12,15H2,1-2H3/b8-7+. The van der Waals surface area contributed by atoms with Gasteiger partial charge in [-0.3, -0.25) is 9.59 Å². The van der Waals surface area contributed by atoms with Gasteiger partial charge in [0.15, 0.2) is 17.3 Å². The van der Waals surface area contributed by atoms with Crippen LogP contribution in [-0.4, -0.2) is 49.5 Å². The van der Waals surface area contributed by atoms with E-state index >= 15 is 0 Å². The summed E-state index contributed by atoms with van der Waals surface area (Å²) in [6.45, 7) is 1.10. The SMILES string of the molecule is COc1cc(/C=C/C(=O)N2CCC3(CC2)CC(=O)c2ccccc2O3)cc(Br)c1OC. The molecule has 1 spiro atoms. The molecule has 0 unspecified atom stereocenters. The fraction of sp³-hybridized carbons (Fsp3) is 0.333. The van der Waals surface area contributed by atoms with Gasteiger partial charge in [-0.05, 0) is 51.8 Å².